The molecule has 120 valence electrons. The molecule has 3 atom stereocenters. The third kappa shape index (κ3) is 3.15. The number of rotatable bonds is 3. The zero-order chi connectivity index (χ0) is 15.7. The Bertz CT molecular complexity index is 511. The Kier molecular flexibility index (Phi) is 4.18. The van der Waals surface area contributed by atoms with Gasteiger partial charge in [-0.1, -0.05) is 16.7 Å². The number of fused-ring (bicyclic) bond motifs is 1. The van der Waals surface area contributed by atoms with Crippen LogP contribution in [0.25, 0.3) is 0 Å². The Morgan fingerprint density at radius 1 is 1.18 bits per heavy atom. The average molecular weight is 307 g/mol. The molecule has 0 aromatic rings. The molecule has 1 saturated heterocycles. The van der Waals surface area contributed by atoms with E-state index in [1.807, 2.05) is 0 Å². The van der Waals surface area contributed by atoms with Crippen molar-refractivity contribution >= 4 is 18.0 Å². The Morgan fingerprint density at radius 3 is 2.59 bits per heavy atom. The van der Waals surface area contributed by atoms with Crippen LogP contribution in [-0.4, -0.2) is 29.6 Å². The van der Waals surface area contributed by atoms with Crippen LogP contribution in [-0.2, 0) is 19.2 Å². The lowest BCUT2D eigenvalue weighted by molar-refractivity contribution is -0.177. The molecule has 0 aromatic carbocycles. The first-order chi connectivity index (χ1) is 10.6. The summed E-state index contributed by atoms with van der Waals surface area (Å²) in [6.07, 6.45) is 5.98. The lowest BCUT2D eigenvalue weighted by atomic mass is 10.0. The molecule has 3 rings (SSSR count). The second-order valence-corrected chi connectivity index (χ2v) is 6.39. The number of ether oxygens (including phenoxy) is 1. The molecule has 1 unspecified atom stereocenters. The topological polar surface area (TPSA) is 72.9 Å². The van der Waals surface area contributed by atoms with Crippen LogP contribution in [0, 0.1) is 17.8 Å². The van der Waals surface area contributed by atoms with Crippen LogP contribution in [0.3, 0.4) is 0 Å². The fraction of sp³-hybridized carbons (Fsp3) is 0.688. The van der Waals surface area contributed by atoms with Crippen LogP contribution < -0.4 is 0 Å². The monoisotopic (exact) mass is 307 g/mol. The zero-order valence-electron chi connectivity index (χ0n) is 12.7. The van der Waals surface area contributed by atoms with Crippen LogP contribution in [0.4, 0.5) is 4.79 Å². The van der Waals surface area contributed by atoms with Gasteiger partial charge in [-0.05, 0) is 50.4 Å². The van der Waals surface area contributed by atoms with E-state index in [1.54, 1.807) is 0 Å². The highest BCUT2D eigenvalue weighted by atomic mass is 16.8. The number of hydroxylamine groups is 2. The molecular formula is C16H21NO5. The Balaban J connectivity index is 1.43. The van der Waals surface area contributed by atoms with Crippen molar-refractivity contribution in [1.29, 1.82) is 0 Å². The van der Waals surface area contributed by atoms with Crippen molar-refractivity contribution in [3.05, 3.63) is 11.6 Å². The van der Waals surface area contributed by atoms with Crippen molar-refractivity contribution in [2.24, 2.45) is 17.8 Å². The minimum absolute atomic E-state index is 0.0885. The minimum atomic E-state index is -0.961. The van der Waals surface area contributed by atoms with Crippen LogP contribution in [0.2, 0.25) is 0 Å². The quantitative estimate of drug-likeness (QED) is 0.455. The van der Waals surface area contributed by atoms with Gasteiger partial charge in [0, 0.05) is 12.8 Å². The second kappa shape index (κ2) is 6.10. The fourth-order valence-corrected chi connectivity index (χ4v) is 3.57. The molecule has 0 radical (unpaired) electrons. The van der Waals surface area contributed by atoms with E-state index in [4.69, 9.17) is 9.57 Å². The highest BCUT2D eigenvalue weighted by molar-refractivity contribution is 6.01. The van der Waals surface area contributed by atoms with Crippen LogP contribution in [0.5, 0.6) is 0 Å². The molecule has 2 amide bonds. The maximum absolute atomic E-state index is 11.6. The van der Waals surface area contributed by atoms with E-state index in [-0.39, 0.29) is 12.8 Å². The van der Waals surface area contributed by atoms with Gasteiger partial charge >= 0.3 is 6.16 Å². The van der Waals surface area contributed by atoms with Crippen molar-refractivity contribution in [2.75, 3.05) is 6.61 Å². The first-order valence-electron chi connectivity index (χ1n) is 7.92. The molecule has 6 heteroatoms. The highest BCUT2D eigenvalue weighted by Crippen LogP contribution is 2.53. The molecule has 1 aliphatic heterocycles. The first-order valence-corrected chi connectivity index (χ1v) is 7.92. The van der Waals surface area contributed by atoms with Gasteiger partial charge in [-0.25, -0.2) is 4.79 Å². The molecule has 2 aliphatic carbocycles. The van der Waals surface area contributed by atoms with Gasteiger partial charge in [0.2, 0.25) is 0 Å². The number of allylic oxidation sites excluding steroid dienone is 2. The van der Waals surface area contributed by atoms with Crippen molar-refractivity contribution in [3.63, 3.8) is 0 Å². The summed E-state index contributed by atoms with van der Waals surface area (Å²) in [6.45, 7) is 2.47. The van der Waals surface area contributed by atoms with Crippen molar-refractivity contribution in [3.8, 4) is 0 Å². The number of hydrogen-bond donors (Lipinski definition) is 0. The second-order valence-electron chi connectivity index (χ2n) is 6.39. The molecular weight excluding hydrogens is 286 g/mol. The van der Waals surface area contributed by atoms with Crippen molar-refractivity contribution in [2.45, 2.75) is 45.4 Å². The Morgan fingerprint density at radius 2 is 1.86 bits per heavy atom. The molecule has 2 fully saturated rings. The minimum Gasteiger partial charge on any atom is -0.432 e. The highest BCUT2D eigenvalue weighted by Gasteiger charge is 2.49. The summed E-state index contributed by atoms with van der Waals surface area (Å²) < 4.78 is 5.10. The van der Waals surface area contributed by atoms with Crippen molar-refractivity contribution in [1.82, 2.24) is 5.06 Å². The molecule has 1 saturated carbocycles. The number of carbonyl (C=O) groups excluding carboxylic acids is 3. The SMILES string of the molecule is C/C1=C/CCC2[C@@H](CC1)[C@H]2COC(=O)ON1C(=O)CCC1=O. The van der Waals surface area contributed by atoms with Crippen LogP contribution >= 0.6 is 0 Å². The third-order valence-corrected chi connectivity index (χ3v) is 4.94. The summed E-state index contributed by atoms with van der Waals surface area (Å²) in [5.74, 6) is 0.642. The lowest BCUT2D eigenvalue weighted by Crippen LogP contribution is -2.32. The Hall–Kier alpha value is -1.85. The predicted octanol–water partition coefficient (Wildman–Crippen LogP) is 2.59. The molecule has 22 heavy (non-hydrogen) atoms. The summed E-state index contributed by atoms with van der Waals surface area (Å²) in [6, 6.07) is 0. The molecule has 0 N–H and O–H groups in total. The number of amides is 2. The van der Waals surface area contributed by atoms with Gasteiger partial charge in [0.15, 0.2) is 0 Å². The third-order valence-electron chi connectivity index (χ3n) is 4.94. The van der Waals surface area contributed by atoms with Gasteiger partial charge in [0.1, 0.15) is 0 Å². The number of carbonyl (C=O) groups is 3. The van der Waals surface area contributed by atoms with Gasteiger partial charge in [-0.3, -0.25) is 14.4 Å². The molecule has 1 heterocycles. The smallest absolute Gasteiger partial charge is 0.432 e. The van der Waals surface area contributed by atoms with Gasteiger partial charge in [-0.2, -0.15) is 0 Å². The van der Waals surface area contributed by atoms with E-state index in [0.717, 1.165) is 25.7 Å². The molecule has 0 bridgehead atoms. The summed E-state index contributed by atoms with van der Waals surface area (Å²) in [4.78, 5) is 39.0. The number of imide groups is 1. The molecule has 0 spiro atoms. The summed E-state index contributed by atoms with van der Waals surface area (Å²) >= 11 is 0. The van der Waals surface area contributed by atoms with E-state index >= 15 is 0 Å². The lowest BCUT2D eigenvalue weighted by Gasteiger charge is -2.12. The molecule has 3 aliphatic rings. The van der Waals surface area contributed by atoms with E-state index in [1.165, 1.54) is 5.57 Å². The van der Waals surface area contributed by atoms with Crippen LogP contribution in [0.15, 0.2) is 11.6 Å². The summed E-state index contributed by atoms with van der Waals surface area (Å²) in [7, 11) is 0. The van der Waals surface area contributed by atoms with Gasteiger partial charge in [0.25, 0.3) is 11.8 Å². The standard InChI is InChI=1S/C16H21NO5/c1-10-3-2-4-11-12(6-5-10)13(11)9-21-16(20)22-17-14(18)7-8-15(17)19/h3,11-13H,2,4-9H2,1H3/b10-3-/t11?,12-,13+/m1/s1. The van der Waals surface area contributed by atoms with Gasteiger partial charge in [0.05, 0.1) is 6.61 Å². The van der Waals surface area contributed by atoms with Crippen molar-refractivity contribution < 1.29 is 24.0 Å². The van der Waals surface area contributed by atoms with Crippen LogP contribution in [0.1, 0.15) is 45.4 Å². The summed E-state index contributed by atoms with van der Waals surface area (Å²) in [5.41, 5.74) is 1.44. The molecule has 0 aromatic heterocycles. The number of hydrogen-bond acceptors (Lipinski definition) is 5. The maximum atomic E-state index is 11.6. The average Bonchev–Trinajstić information content (AvgIpc) is 3.03. The van der Waals surface area contributed by atoms with E-state index in [9.17, 15) is 14.4 Å². The first kappa shape index (κ1) is 15.1. The number of nitrogens with zero attached hydrogens (tertiary/aromatic N) is 1. The zero-order valence-corrected chi connectivity index (χ0v) is 12.7. The van der Waals surface area contributed by atoms with E-state index in [2.05, 4.69) is 13.0 Å². The maximum Gasteiger partial charge on any atom is 0.533 e. The van der Waals surface area contributed by atoms with E-state index in [0.29, 0.717) is 29.4 Å². The van der Waals surface area contributed by atoms with Gasteiger partial charge < -0.3 is 4.74 Å². The summed E-state index contributed by atoms with van der Waals surface area (Å²) in [5, 5.41) is 0.519. The van der Waals surface area contributed by atoms with E-state index < -0.39 is 18.0 Å². The molecule has 6 nitrogen and oxygen atoms in total. The predicted molar refractivity (Wildman–Crippen MR) is 76.2 cm³/mol. The Labute approximate surface area is 129 Å². The fourth-order valence-electron chi connectivity index (χ4n) is 3.57. The normalized spacial score (nSPS) is 33.4. The largest absolute Gasteiger partial charge is 0.533 e. The van der Waals surface area contributed by atoms with Gasteiger partial charge in [-0.15, -0.1) is 0 Å².